The molecule has 8 heteroatoms. The first-order chi connectivity index (χ1) is 9.37. The molecule has 20 heavy (non-hydrogen) atoms. The van der Waals surface area contributed by atoms with Crippen LogP contribution in [0.3, 0.4) is 0 Å². The molecule has 1 aromatic rings. The van der Waals surface area contributed by atoms with Crippen LogP contribution in [0.5, 0.6) is 0 Å². The number of rotatable bonds is 3. The maximum absolute atomic E-state index is 12.6. The van der Waals surface area contributed by atoms with Gasteiger partial charge in [-0.25, -0.2) is 8.42 Å². The van der Waals surface area contributed by atoms with Gasteiger partial charge in [-0.05, 0) is 20.8 Å². The van der Waals surface area contributed by atoms with Crippen LogP contribution in [0.15, 0.2) is 9.42 Å². The van der Waals surface area contributed by atoms with Crippen molar-refractivity contribution >= 4 is 10.0 Å². The van der Waals surface area contributed by atoms with Crippen LogP contribution in [-0.2, 0) is 10.0 Å². The second-order valence-electron chi connectivity index (χ2n) is 4.90. The lowest BCUT2D eigenvalue weighted by Gasteiger charge is -2.34. The predicted octanol–water partition coefficient (Wildman–Crippen LogP) is 0.510. The first-order valence-electron chi connectivity index (χ1n) is 6.44. The summed E-state index contributed by atoms with van der Waals surface area (Å²) in [6.45, 7) is 6.89. The summed E-state index contributed by atoms with van der Waals surface area (Å²) in [5.41, 5.74) is 0.385. The molecule has 2 heterocycles. The van der Waals surface area contributed by atoms with E-state index in [-0.39, 0.29) is 10.9 Å². The molecule has 0 amide bonds. The van der Waals surface area contributed by atoms with Crippen molar-refractivity contribution in [1.82, 2.24) is 14.4 Å². The summed E-state index contributed by atoms with van der Waals surface area (Å²) < 4.78 is 31.5. The average molecular weight is 298 g/mol. The number of nitrogens with zero attached hydrogens (tertiary/aromatic N) is 4. The largest absolute Gasteiger partial charge is 0.360 e. The molecule has 2 rings (SSSR count). The molecule has 1 fully saturated rings. The summed E-state index contributed by atoms with van der Waals surface area (Å²) in [6, 6.07) is 1.97. The molecule has 0 N–H and O–H groups in total. The average Bonchev–Trinajstić information content (AvgIpc) is 2.78. The number of sulfonamides is 1. The smallest absolute Gasteiger partial charge is 0.248 e. The van der Waals surface area contributed by atoms with E-state index in [1.54, 1.807) is 13.8 Å². The topological polar surface area (TPSA) is 90.4 Å². The Morgan fingerprint density at radius 3 is 2.35 bits per heavy atom. The fourth-order valence-corrected chi connectivity index (χ4v) is 4.10. The Kier molecular flexibility index (Phi) is 4.13. The minimum Gasteiger partial charge on any atom is -0.360 e. The van der Waals surface area contributed by atoms with E-state index in [9.17, 15) is 8.42 Å². The lowest BCUT2D eigenvalue weighted by Crippen LogP contribution is -2.51. The molecule has 0 bridgehead atoms. The van der Waals surface area contributed by atoms with Crippen LogP contribution in [0.4, 0.5) is 0 Å². The van der Waals surface area contributed by atoms with Gasteiger partial charge in [0.1, 0.15) is 10.6 Å². The van der Waals surface area contributed by atoms with Crippen molar-refractivity contribution in [3.05, 3.63) is 11.5 Å². The van der Waals surface area contributed by atoms with Gasteiger partial charge in [0.05, 0.1) is 12.1 Å². The molecule has 7 nitrogen and oxygen atoms in total. The molecule has 0 aliphatic carbocycles. The molecule has 0 saturated carbocycles. The van der Waals surface area contributed by atoms with Crippen LogP contribution in [-0.4, -0.2) is 55.0 Å². The van der Waals surface area contributed by atoms with Crippen LogP contribution < -0.4 is 0 Å². The van der Waals surface area contributed by atoms with E-state index in [1.807, 2.05) is 11.8 Å². The second kappa shape index (κ2) is 5.52. The Morgan fingerprint density at radius 1 is 1.30 bits per heavy atom. The number of aryl methyl sites for hydroxylation is 2. The lowest BCUT2D eigenvalue weighted by molar-refractivity contribution is 0.169. The fourth-order valence-electron chi connectivity index (χ4n) is 2.38. The fraction of sp³-hybridized carbons (Fsp3) is 0.667. The Balaban J connectivity index is 2.17. The molecule has 1 aliphatic rings. The minimum absolute atomic E-state index is 0.166. The van der Waals surface area contributed by atoms with E-state index in [2.05, 4.69) is 11.2 Å². The van der Waals surface area contributed by atoms with Crippen molar-refractivity contribution in [2.75, 3.05) is 26.2 Å². The minimum atomic E-state index is -3.57. The van der Waals surface area contributed by atoms with E-state index < -0.39 is 10.0 Å². The summed E-state index contributed by atoms with van der Waals surface area (Å²) in [4.78, 5) is 2.14. The third-order valence-electron chi connectivity index (χ3n) is 3.57. The van der Waals surface area contributed by atoms with Crippen molar-refractivity contribution in [1.29, 1.82) is 5.26 Å². The van der Waals surface area contributed by atoms with E-state index in [0.29, 0.717) is 37.6 Å². The Hall–Kier alpha value is -1.43. The Bertz CT molecular complexity index is 604. The van der Waals surface area contributed by atoms with Gasteiger partial charge in [0, 0.05) is 26.2 Å². The van der Waals surface area contributed by atoms with Gasteiger partial charge in [-0.3, -0.25) is 4.90 Å². The van der Waals surface area contributed by atoms with Gasteiger partial charge in [0.2, 0.25) is 10.0 Å². The highest BCUT2D eigenvalue weighted by molar-refractivity contribution is 7.89. The van der Waals surface area contributed by atoms with Crippen LogP contribution in [0.25, 0.3) is 0 Å². The monoisotopic (exact) mass is 298 g/mol. The van der Waals surface area contributed by atoms with Gasteiger partial charge in [0.25, 0.3) is 0 Å². The van der Waals surface area contributed by atoms with Crippen LogP contribution >= 0.6 is 0 Å². The summed E-state index contributed by atoms with van der Waals surface area (Å²) in [5, 5.41) is 12.6. The normalized spacial score (nSPS) is 19.7. The summed E-state index contributed by atoms with van der Waals surface area (Å²) in [5.74, 6) is 0.315. The summed E-state index contributed by atoms with van der Waals surface area (Å²) in [7, 11) is -3.57. The van der Waals surface area contributed by atoms with Gasteiger partial charge in [-0.2, -0.15) is 9.57 Å². The van der Waals surface area contributed by atoms with Gasteiger partial charge in [0.15, 0.2) is 5.76 Å². The van der Waals surface area contributed by atoms with Crippen LogP contribution in [0, 0.1) is 25.2 Å². The molecule has 0 aromatic carbocycles. The second-order valence-corrected chi connectivity index (χ2v) is 6.77. The first-order valence-corrected chi connectivity index (χ1v) is 7.88. The van der Waals surface area contributed by atoms with Crippen LogP contribution in [0.1, 0.15) is 18.4 Å². The van der Waals surface area contributed by atoms with Gasteiger partial charge in [-0.15, -0.1) is 0 Å². The molecule has 1 saturated heterocycles. The number of piperazine rings is 1. The Labute approximate surface area is 118 Å². The molecular formula is C12H18N4O3S. The molecule has 1 atom stereocenters. The zero-order valence-electron chi connectivity index (χ0n) is 11.8. The molecular weight excluding hydrogens is 280 g/mol. The zero-order valence-corrected chi connectivity index (χ0v) is 12.6. The van der Waals surface area contributed by atoms with Crippen LogP contribution in [0.2, 0.25) is 0 Å². The van der Waals surface area contributed by atoms with Gasteiger partial charge < -0.3 is 4.52 Å². The third kappa shape index (κ3) is 2.57. The zero-order chi connectivity index (χ0) is 14.9. The third-order valence-corrected chi connectivity index (χ3v) is 5.72. The molecule has 110 valence electrons. The molecule has 1 aliphatic heterocycles. The number of hydrogen-bond donors (Lipinski definition) is 0. The van der Waals surface area contributed by atoms with E-state index in [4.69, 9.17) is 9.78 Å². The summed E-state index contributed by atoms with van der Waals surface area (Å²) in [6.07, 6.45) is 0. The quantitative estimate of drug-likeness (QED) is 0.807. The van der Waals surface area contributed by atoms with E-state index in [0.717, 1.165) is 0 Å². The molecule has 1 unspecified atom stereocenters. The molecule has 0 spiro atoms. The van der Waals surface area contributed by atoms with Crippen molar-refractivity contribution < 1.29 is 12.9 Å². The molecule has 1 aromatic heterocycles. The Morgan fingerprint density at radius 2 is 1.90 bits per heavy atom. The van der Waals surface area contributed by atoms with E-state index in [1.165, 1.54) is 4.31 Å². The highest BCUT2D eigenvalue weighted by atomic mass is 32.2. The van der Waals surface area contributed by atoms with Gasteiger partial charge in [-0.1, -0.05) is 5.16 Å². The number of aromatic nitrogens is 1. The SMILES string of the molecule is Cc1noc(C)c1S(=O)(=O)N1CCN(C(C)C#N)CC1. The lowest BCUT2D eigenvalue weighted by atomic mass is 10.2. The maximum atomic E-state index is 12.6. The van der Waals surface area contributed by atoms with Gasteiger partial charge >= 0.3 is 0 Å². The van der Waals surface area contributed by atoms with E-state index >= 15 is 0 Å². The molecule has 0 radical (unpaired) electrons. The highest BCUT2D eigenvalue weighted by Crippen LogP contribution is 2.24. The van der Waals surface area contributed by atoms with Crippen molar-refractivity contribution in [3.8, 4) is 6.07 Å². The number of hydrogen-bond acceptors (Lipinski definition) is 6. The highest BCUT2D eigenvalue weighted by Gasteiger charge is 2.33. The van der Waals surface area contributed by atoms with Crippen molar-refractivity contribution in [2.45, 2.75) is 31.7 Å². The van der Waals surface area contributed by atoms with Crippen molar-refractivity contribution in [3.63, 3.8) is 0 Å². The van der Waals surface area contributed by atoms with Crippen molar-refractivity contribution in [2.24, 2.45) is 0 Å². The predicted molar refractivity (Wildman–Crippen MR) is 71.4 cm³/mol. The number of nitriles is 1. The maximum Gasteiger partial charge on any atom is 0.248 e. The standard InChI is InChI=1S/C12H18N4O3S/c1-9(8-13)15-4-6-16(7-5-15)20(17,18)12-10(2)14-19-11(12)3/h9H,4-7H2,1-3H3. The summed E-state index contributed by atoms with van der Waals surface area (Å²) >= 11 is 0. The first kappa shape index (κ1) is 15.0.